The lowest BCUT2D eigenvalue weighted by atomic mass is 9.51. The monoisotopic (exact) mass is 666 g/mol. The van der Waals surface area contributed by atoms with E-state index in [9.17, 15) is 39.6 Å². The highest BCUT2D eigenvalue weighted by Crippen LogP contribution is 2.66. The van der Waals surface area contributed by atoms with Crippen molar-refractivity contribution >= 4 is 35.5 Å². The Morgan fingerprint density at radius 1 is 0.913 bits per heavy atom. The number of benzene rings is 1. The van der Waals surface area contributed by atoms with Gasteiger partial charge in [-0.25, -0.2) is 4.79 Å². The molecule has 4 N–H and O–H groups in total. The number of esters is 4. The van der Waals surface area contributed by atoms with Gasteiger partial charge < -0.3 is 39.4 Å². The summed E-state index contributed by atoms with van der Waals surface area (Å²) in [5, 5.41) is 48.4. The van der Waals surface area contributed by atoms with E-state index in [2.05, 4.69) is 0 Å². The van der Waals surface area contributed by atoms with Crippen molar-refractivity contribution < 1.29 is 58.6 Å². The molecule has 0 bridgehead atoms. The first kappa shape index (κ1) is 35.8. The topological polar surface area (TPSA) is 186 Å². The van der Waals surface area contributed by atoms with E-state index in [4.69, 9.17) is 30.5 Å². The molecule has 1 aromatic carbocycles. The summed E-state index contributed by atoms with van der Waals surface area (Å²) >= 11 is 6.55. The predicted octanol–water partition coefficient (Wildman–Crippen LogP) is 2.22. The highest BCUT2D eigenvalue weighted by Gasteiger charge is 2.77. The molecule has 254 valence electrons. The first-order valence-electron chi connectivity index (χ1n) is 15.1. The Morgan fingerprint density at radius 2 is 1.46 bits per heavy atom. The molecule has 10 atom stereocenters. The molecular weight excluding hydrogens is 624 g/mol. The molecule has 0 amide bonds. The van der Waals surface area contributed by atoms with Gasteiger partial charge in [0.05, 0.1) is 34.0 Å². The average molecular weight is 667 g/mol. The zero-order valence-electron chi connectivity index (χ0n) is 27.0. The molecule has 3 aliphatic carbocycles. The number of hydrogen-bond donors (Lipinski definition) is 4. The maximum absolute atomic E-state index is 13.7. The van der Waals surface area contributed by atoms with E-state index < -0.39 is 94.3 Å². The molecule has 0 heterocycles. The smallest absolute Gasteiger partial charge is 0.338 e. The Balaban J connectivity index is 2.17. The normalized spacial score (nSPS) is 37.3. The summed E-state index contributed by atoms with van der Waals surface area (Å²) in [7, 11) is 0. The third-order valence-corrected chi connectivity index (χ3v) is 10.7. The Labute approximate surface area is 272 Å². The van der Waals surface area contributed by atoms with Gasteiger partial charge in [0.1, 0.15) is 36.1 Å². The minimum atomic E-state index is -2.30. The summed E-state index contributed by atoms with van der Waals surface area (Å²) < 4.78 is 23.6. The van der Waals surface area contributed by atoms with E-state index in [1.807, 2.05) is 0 Å². The molecule has 3 aliphatic rings. The van der Waals surface area contributed by atoms with Gasteiger partial charge in [0.2, 0.25) is 0 Å². The molecule has 2 saturated carbocycles. The zero-order valence-corrected chi connectivity index (χ0v) is 27.7. The highest BCUT2D eigenvalue weighted by molar-refractivity contribution is 6.18. The van der Waals surface area contributed by atoms with Crippen molar-refractivity contribution in [3.63, 3.8) is 0 Å². The highest BCUT2D eigenvalue weighted by atomic mass is 35.5. The third kappa shape index (κ3) is 5.61. The van der Waals surface area contributed by atoms with Crippen LogP contribution in [0.2, 0.25) is 0 Å². The SMILES string of the molecule is CC(=O)O[C@H]1C[C@H](OC(C)=O)[C@@](O)(CCl)C2[C@H](OC(C)=O)[C@]3(C(C)(C)O)C[C@H](O)C(C)=C3[C@@H](O)[C@H](OC(=O)c3ccccc3)[C@@]21C. The fourth-order valence-corrected chi connectivity index (χ4v) is 8.64. The lowest BCUT2D eigenvalue weighted by Crippen LogP contribution is -2.73. The molecule has 46 heavy (non-hydrogen) atoms. The van der Waals surface area contributed by atoms with Gasteiger partial charge in [-0.1, -0.05) is 25.1 Å². The number of carbonyl (C=O) groups is 4. The summed E-state index contributed by atoms with van der Waals surface area (Å²) in [6.45, 7) is 9.22. The van der Waals surface area contributed by atoms with Crippen LogP contribution in [0.3, 0.4) is 0 Å². The van der Waals surface area contributed by atoms with Crippen LogP contribution in [0.15, 0.2) is 41.5 Å². The zero-order chi connectivity index (χ0) is 34.6. The van der Waals surface area contributed by atoms with Crippen molar-refractivity contribution in [1.82, 2.24) is 0 Å². The van der Waals surface area contributed by atoms with Crippen molar-refractivity contribution in [3.05, 3.63) is 47.0 Å². The van der Waals surface area contributed by atoms with Gasteiger partial charge in [-0.2, -0.15) is 0 Å². The molecule has 0 saturated heterocycles. The van der Waals surface area contributed by atoms with E-state index >= 15 is 0 Å². The summed E-state index contributed by atoms with van der Waals surface area (Å²) in [4.78, 5) is 51.7. The molecule has 0 aliphatic heterocycles. The van der Waals surface area contributed by atoms with Crippen molar-refractivity contribution in [2.75, 3.05) is 5.88 Å². The summed E-state index contributed by atoms with van der Waals surface area (Å²) in [6.07, 6.45) is -9.77. The number of halogens is 1. The number of ether oxygens (including phenoxy) is 4. The van der Waals surface area contributed by atoms with E-state index in [1.54, 1.807) is 18.2 Å². The summed E-state index contributed by atoms with van der Waals surface area (Å²) in [5.41, 5.74) is -7.48. The Bertz CT molecular complexity index is 1400. The summed E-state index contributed by atoms with van der Waals surface area (Å²) in [6, 6.07) is 7.90. The molecule has 0 spiro atoms. The van der Waals surface area contributed by atoms with Crippen molar-refractivity contribution in [3.8, 4) is 0 Å². The van der Waals surface area contributed by atoms with E-state index in [0.717, 1.165) is 20.8 Å². The van der Waals surface area contributed by atoms with Crippen LogP contribution in [0.1, 0.15) is 71.7 Å². The number of hydrogen-bond acceptors (Lipinski definition) is 12. The van der Waals surface area contributed by atoms with E-state index in [0.29, 0.717) is 0 Å². The molecule has 2 fully saturated rings. The maximum atomic E-state index is 13.7. The lowest BCUT2D eigenvalue weighted by Gasteiger charge is -2.60. The minimum absolute atomic E-state index is 0.0303. The molecule has 13 heteroatoms. The van der Waals surface area contributed by atoms with Crippen LogP contribution in [0.25, 0.3) is 0 Å². The molecule has 4 rings (SSSR count). The lowest BCUT2D eigenvalue weighted by molar-refractivity contribution is -0.279. The third-order valence-electron chi connectivity index (χ3n) is 10.3. The minimum Gasteiger partial charge on any atom is -0.462 e. The number of aliphatic hydroxyl groups is 4. The molecule has 0 radical (unpaired) electrons. The fraction of sp³-hybridized carbons (Fsp3) is 0.636. The quantitative estimate of drug-likeness (QED) is 0.144. The van der Waals surface area contributed by atoms with E-state index in [1.165, 1.54) is 39.8 Å². The predicted molar refractivity (Wildman–Crippen MR) is 162 cm³/mol. The fourth-order valence-electron chi connectivity index (χ4n) is 8.30. The van der Waals surface area contributed by atoms with Gasteiger partial charge in [0.15, 0.2) is 0 Å². The molecule has 1 aromatic rings. The van der Waals surface area contributed by atoms with Gasteiger partial charge in [-0.05, 0) is 50.5 Å². The van der Waals surface area contributed by atoms with Gasteiger partial charge in [-0.15, -0.1) is 11.6 Å². The van der Waals surface area contributed by atoms with E-state index in [-0.39, 0.29) is 29.6 Å². The molecule has 0 aromatic heterocycles. The Kier molecular flexibility index (Phi) is 9.76. The van der Waals surface area contributed by atoms with Crippen LogP contribution < -0.4 is 0 Å². The largest absolute Gasteiger partial charge is 0.462 e. The van der Waals surface area contributed by atoms with Gasteiger partial charge >= 0.3 is 23.9 Å². The average Bonchev–Trinajstić information content (AvgIpc) is 3.20. The number of rotatable bonds is 7. The van der Waals surface area contributed by atoms with Crippen LogP contribution >= 0.6 is 11.6 Å². The molecule has 1 unspecified atom stereocenters. The second-order valence-corrected chi connectivity index (χ2v) is 13.7. The van der Waals surface area contributed by atoms with Crippen LogP contribution in [0.4, 0.5) is 0 Å². The number of aliphatic hydroxyl groups excluding tert-OH is 2. The standard InChI is InChI=1S/C33H43ClO12/c1-16-21(38)14-32(30(5,6)41)24(16)25(39)27(46-29(40)20-11-9-8-10-12-20)31(7)22(43-17(2)35)13-23(44-18(3)36)33(42,15-34)26(31)28(32)45-19(4)37/h8-12,21-23,25-28,38-39,41-42H,13-15H2,1-7H3/t21-,22-,23-,25+,26?,27-,28-,31+,32-,33-/m0/s1. The Hall–Kier alpha value is -3.03. The second-order valence-electron chi connectivity index (χ2n) is 13.4. The van der Waals surface area contributed by atoms with Crippen molar-refractivity contribution in [2.24, 2.45) is 16.7 Å². The van der Waals surface area contributed by atoms with Crippen LogP contribution in [0.5, 0.6) is 0 Å². The van der Waals surface area contributed by atoms with Crippen LogP contribution in [0, 0.1) is 16.7 Å². The number of alkyl halides is 1. The maximum Gasteiger partial charge on any atom is 0.338 e. The van der Waals surface area contributed by atoms with Crippen molar-refractivity contribution in [2.45, 2.75) is 109 Å². The first-order valence-corrected chi connectivity index (χ1v) is 15.7. The van der Waals surface area contributed by atoms with Gasteiger partial charge in [0.25, 0.3) is 0 Å². The van der Waals surface area contributed by atoms with Crippen molar-refractivity contribution in [1.29, 1.82) is 0 Å². The van der Waals surface area contributed by atoms with Gasteiger partial charge in [-0.3, -0.25) is 14.4 Å². The first-order chi connectivity index (χ1) is 21.3. The number of carbonyl (C=O) groups excluding carboxylic acids is 4. The molecular formula is C33H43ClO12. The molecule has 12 nitrogen and oxygen atoms in total. The number of fused-ring (bicyclic) bond motifs is 2. The second kappa shape index (κ2) is 12.5. The Morgan fingerprint density at radius 3 is 1.96 bits per heavy atom. The van der Waals surface area contributed by atoms with Gasteiger partial charge in [0, 0.05) is 33.1 Å². The van der Waals surface area contributed by atoms with Crippen LogP contribution in [-0.2, 0) is 33.3 Å². The van der Waals surface area contributed by atoms with Crippen LogP contribution in [-0.4, -0.2) is 98.0 Å². The summed E-state index contributed by atoms with van der Waals surface area (Å²) in [5.74, 6) is -5.49.